The molecule has 2 rings (SSSR count). The van der Waals surface area contributed by atoms with Crippen LogP contribution in [-0.2, 0) is 14.6 Å². The predicted octanol–water partition coefficient (Wildman–Crippen LogP) is 1.29. The zero-order valence-corrected chi connectivity index (χ0v) is 14.4. The topological polar surface area (TPSA) is 104 Å². The zero-order chi connectivity index (χ0) is 17.9. The van der Waals surface area contributed by atoms with Gasteiger partial charge in [0.05, 0.1) is 16.5 Å². The van der Waals surface area contributed by atoms with E-state index in [9.17, 15) is 22.4 Å². The van der Waals surface area contributed by atoms with Crippen LogP contribution in [0, 0.1) is 5.82 Å². The van der Waals surface area contributed by atoms with Gasteiger partial charge in [0.2, 0.25) is 5.91 Å². The van der Waals surface area contributed by atoms with Crippen LogP contribution in [0.1, 0.15) is 13.3 Å². The molecule has 1 aromatic rings. The summed E-state index contributed by atoms with van der Waals surface area (Å²) in [6, 6.07) is 1.74. The fourth-order valence-corrected chi connectivity index (χ4v) is 4.08. The van der Waals surface area contributed by atoms with E-state index in [0.717, 1.165) is 6.07 Å². The molecule has 1 heterocycles. The highest BCUT2D eigenvalue weighted by atomic mass is 35.5. The Morgan fingerprint density at radius 3 is 2.67 bits per heavy atom. The van der Waals surface area contributed by atoms with E-state index < -0.39 is 39.7 Å². The Morgan fingerprint density at radius 2 is 2.08 bits per heavy atom. The van der Waals surface area contributed by atoms with Crippen molar-refractivity contribution in [2.75, 3.05) is 16.8 Å². The van der Waals surface area contributed by atoms with Crippen LogP contribution in [-0.4, -0.2) is 43.9 Å². The molecule has 0 saturated carbocycles. The number of amides is 3. The van der Waals surface area contributed by atoms with Crippen molar-refractivity contribution in [2.45, 2.75) is 25.4 Å². The number of hydrogen-bond acceptors (Lipinski definition) is 4. The van der Waals surface area contributed by atoms with Gasteiger partial charge in [-0.05, 0) is 31.5 Å². The largest absolute Gasteiger partial charge is 0.334 e. The molecular weight excluding hydrogens is 361 g/mol. The number of carbonyl (C=O) groups is 2. The van der Waals surface area contributed by atoms with Gasteiger partial charge >= 0.3 is 6.03 Å². The van der Waals surface area contributed by atoms with Crippen molar-refractivity contribution in [1.82, 2.24) is 10.6 Å². The predicted molar refractivity (Wildman–Crippen MR) is 88.2 cm³/mol. The van der Waals surface area contributed by atoms with Gasteiger partial charge in [-0.15, -0.1) is 0 Å². The van der Waals surface area contributed by atoms with Gasteiger partial charge in [-0.3, -0.25) is 4.79 Å². The van der Waals surface area contributed by atoms with Crippen molar-refractivity contribution in [3.8, 4) is 0 Å². The second-order valence-corrected chi connectivity index (χ2v) is 8.19. The first kappa shape index (κ1) is 18.5. The lowest BCUT2D eigenvalue weighted by Gasteiger charge is -2.17. The molecule has 0 unspecified atom stereocenters. The van der Waals surface area contributed by atoms with Crippen LogP contribution in [0.5, 0.6) is 0 Å². The normalized spacial score (nSPS) is 20.2. The fourth-order valence-electron chi connectivity index (χ4n) is 2.22. The summed E-state index contributed by atoms with van der Waals surface area (Å²) >= 11 is 5.62. The standard InChI is InChI=1S/C14H17ClFN3O4S/c1-8(13(20)18-9-2-3-12(16)11(15)6-9)17-14(21)19-10-4-5-24(22,23)7-10/h2-3,6,8,10H,4-5,7H2,1H3,(H,18,20)(H2,17,19,21)/t8-,10-/m0/s1. The molecule has 1 aliphatic rings. The van der Waals surface area contributed by atoms with E-state index in [0.29, 0.717) is 12.1 Å². The van der Waals surface area contributed by atoms with E-state index >= 15 is 0 Å². The summed E-state index contributed by atoms with van der Waals surface area (Å²) in [5, 5.41) is 7.30. The number of urea groups is 1. The number of sulfone groups is 1. The van der Waals surface area contributed by atoms with Crippen molar-refractivity contribution in [1.29, 1.82) is 0 Å². The number of hydrogen-bond donors (Lipinski definition) is 3. The molecule has 7 nitrogen and oxygen atoms in total. The summed E-state index contributed by atoms with van der Waals surface area (Å²) in [6.07, 6.45) is 0.352. The van der Waals surface area contributed by atoms with E-state index in [-0.39, 0.29) is 16.5 Å². The van der Waals surface area contributed by atoms with Gasteiger partial charge in [-0.1, -0.05) is 11.6 Å². The Labute approximate surface area is 143 Å². The molecule has 0 aromatic heterocycles. The lowest BCUT2D eigenvalue weighted by atomic mass is 10.2. The molecule has 0 radical (unpaired) electrons. The molecule has 0 aliphatic carbocycles. The molecule has 1 aromatic carbocycles. The molecule has 1 fully saturated rings. The summed E-state index contributed by atoms with van der Waals surface area (Å²) < 4.78 is 35.7. The highest BCUT2D eigenvalue weighted by molar-refractivity contribution is 7.91. The van der Waals surface area contributed by atoms with Crippen LogP contribution in [0.15, 0.2) is 18.2 Å². The molecule has 1 aliphatic heterocycles. The number of benzene rings is 1. The molecular formula is C14H17ClFN3O4S. The molecule has 1 saturated heterocycles. The maximum Gasteiger partial charge on any atom is 0.315 e. The third-order valence-electron chi connectivity index (χ3n) is 3.50. The Bertz CT molecular complexity index is 756. The Hall–Kier alpha value is -1.87. The minimum Gasteiger partial charge on any atom is -0.334 e. The molecule has 10 heteroatoms. The van der Waals surface area contributed by atoms with Crippen LogP contribution in [0.4, 0.5) is 14.9 Å². The summed E-state index contributed by atoms with van der Waals surface area (Å²) in [6.45, 7) is 1.46. The van der Waals surface area contributed by atoms with Crippen molar-refractivity contribution >= 4 is 39.1 Å². The van der Waals surface area contributed by atoms with Crippen LogP contribution < -0.4 is 16.0 Å². The first-order chi connectivity index (χ1) is 11.2. The highest BCUT2D eigenvalue weighted by Crippen LogP contribution is 2.19. The van der Waals surface area contributed by atoms with Gasteiger partial charge in [0, 0.05) is 11.7 Å². The molecule has 0 spiro atoms. The first-order valence-electron chi connectivity index (χ1n) is 7.19. The number of anilines is 1. The van der Waals surface area contributed by atoms with Gasteiger partial charge in [0.1, 0.15) is 11.9 Å². The van der Waals surface area contributed by atoms with Crippen LogP contribution in [0.25, 0.3) is 0 Å². The quantitative estimate of drug-likeness (QED) is 0.735. The van der Waals surface area contributed by atoms with E-state index in [1.165, 1.54) is 19.1 Å². The van der Waals surface area contributed by atoms with Crippen molar-refractivity contribution in [3.63, 3.8) is 0 Å². The molecule has 24 heavy (non-hydrogen) atoms. The van der Waals surface area contributed by atoms with Gasteiger partial charge in [0.25, 0.3) is 0 Å². The average molecular weight is 378 g/mol. The van der Waals surface area contributed by atoms with Crippen LogP contribution in [0.3, 0.4) is 0 Å². The Kier molecular flexibility index (Phi) is 5.66. The highest BCUT2D eigenvalue weighted by Gasteiger charge is 2.29. The maximum absolute atomic E-state index is 13.1. The van der Waals surface area contributed by atoms with Crippen molar-refractivity contribution < 1.29 is 22.4 Å². The number of nitrogens with one attached hydrogen (secondary N) is 3. The lowest BCUT2D eigenvalue weighted by molar-refractivity contribution is -0.117. The van der Waals surface area contributed by atoms with E-state index in [1.54, 1.807) is 0 Å². The van der Waals surface area contributed by atoms with Crippen LogP contribution >= 0.6 is 11.6 Å². The summed E-state index contributed by atoms with van der Waals surface area (Å²) in [7, 11) is -3.10. The van der Waals surface area contributed by atoms with E-state index in [2.05, 4.69) is 16.0 Å². The maximum atomic E-state index is 13.1. The van der Waals surface area contributed by atoms with Crippen molar-refractivity contribution in [3.05, 3.63) is 29.0 Å². The summed E-state index contributed by atoms with van der Waals surface area (Å²) in [5.74, 6) is -1.19. The molecule has 3 N–H and O–H groups in total. The van der Waals surface area contributed by atoms with Gasteiger partial charge in [0.15, 0.2) is 9.84 Å². The van der Waals surface area contributed by atoms with Crippen LogP contribution in [0.2, 0.25) is 5.02 Å². The molecule has 3 amide bonds. The number of rotatable bonds is 4. The fraction of sp³-hybridized carbons (Fsp3) is 0.429. The summed E-state index contributed by atoms with van der Waals surface area (Å²) in [4.78, 5) is 23.8. The minimum absolute atomic E-state index is 0.0410. The molecule has 132 valence electrons. The first-order valence-corrected chi connectivity index (χ1v) is 9.39. The average Bonchev–Trinajstić information content (AvgIpc) is 2.81. The number of halogens is 2. The third-order valence-corrected chi connectivity index (χ3v) is 5.55. The van der Waals surface area contributed by atoms with Gasteiger partial charge in [-0.2, -0.15) is 0 Å². The second kappa shape index (κ2) is 7.35. The minimum atomic E-state index is -3.10. The van der Waals surface area contributed by atoms with E-state index in [1.807, 2.05) is 0 Å². The van der Waals surface area contributed by atoms with Gasteiger partial charge < -0.3 is 16.0 Å². The monoisotopic (exact) mass is 377 g/mol. The van der Waals surface area contributed by atoms with Gasteiger partial charge in [-0.25, -0.2) is 17.6 Å². The molecule has 0 bridgehead atoms. The Balaban J connectivity index is 1.84. The molecule has 2 atom stereocenters. The smallest absolute Gasteiger partial charge is 0.315 e. The summed E-state index contributed by atoms with van der Waals surface area (Å²) in [5.41, 5.74) is 0.294. The zero-order valence-electron chi connectivity index (χ0n) is 12.8. The number of carbonyl (C=O) groups excluding carboxylic acids is 2. The Morgan fingerprint density at radius 1 is 1.38 bits per heavy atom. The second-order valence-electron chi connectivity index (χ2n) is 5.56. The van der Waals surface area contributed by atoms with Crippen molar-refractivity contribution in [2.24, 2.45) is 0 Å². The van der Waals surface area contributed by atoms with E-state index in [4.69, 9.17) is 11.6 Å². The SMILES string of the molecule is C[C@H](NC(=O)N[C@H]1CCS(=O)(=O)C1)C(=O)Nc1ccc(F)c(Cl)c1. The lowest BCUT2D eigenvalue weighted by Crippen LogP contribution is -2.49. The third kappa shape index (κ3) is 5.07.